The first kappa shape index (κ1) is 4.78. The Morgan fingerprint density at radius 1 is 1.67 bits per heavy atom. The molecule has 0 fully saturated rings. The zero-order valence-electron chi connectivity index (χ0n) is 3.29. The SMILES string of the molecule is C1=[CH][InH][S]N=C1. The number of hydrogen-bond acceptors (Lipinski definition) is 2. The first-order valence-electron chi connectivity index (χ1n) is 1.80. The van der Waals surface area contributed by atoms with E-state index in [0.717, 1.165) is 0 Å². The molecular formula is C3H4InNS. The molecule has 0 N–H and O–H groups in total. The molecule has 0 saturated heterocycles. The molecule has 1 nitrogen and oxygen atoms in total. The van der Waals surface area contributed by atoms with E-state index in [4.69, 9.17) is 0 Å². The van der Waals surface area contributed by atoms with Gasteiger partial charge in [-0.05, 0) is 0 Å². The van der Waals surface area contributed by atoms with Crippen LogP contribution in [0.4, 0.5) is 0 Å². The summed E-state index contributed by atoms with van der Waals surface area (Å²) in [4.78, 5) is 0. The van der Waals surface area contributed by atoms with Gasteiger partial charge in [-0.2, -0.15) is 0 Å². The standard InChI is InChI=1S/C3H4NS.In.H/c1-2-3-4-5;;/h1-3,5H;;/q;+1;/p-1. The molecule has 1 aliphatic rings. The third-order valence-corrected chi connectivity index (χ3v) is 6.12. The predicted octanol–water partition coefficient (Wildman–Crippen LogP) is 0.584. The van der Waals surface area contributed by atoms with Gasteiger partial charge in [0.2, 0.25) is 0 Å². The van der Waals surface area contributed by atoms with E-state index in [2.05, 4.69) is 8.23 Å². The minimum absolute atomic E-state index is 0.461. The van der Waals surface area contributed by atoms with Crippen molar-refractivity contribution in [3.63, 3.8) is 0 Å². The Bertz CT molecular complexity index is 76.8. The topological polar surface area (TPSA) is 12.4 Å². The molecule has 0 aromatic rings. The summed E-state index contributed by atoms with van der Waals surface area (Å²) in [7, 11) is 1.79. The summed E-state index contributed by atoms with van der Waals surface area (Å²) in [6, 6.07) is 0. The Kier molecular flexibility index (Phi) is 2.19. The van der Waals surface area contributed by atoms with E-state index in [1.54, 1.807) is 8.77 Å². The van der Waals surface area contributed by atoms with Gasteiger partial charge in [0.1, 0.15) is 0 Å². The average Bonchev–Trinajstić information content (AvgIpc) is 1.72. The van der Waals surface area contributed by atoms with Crippen LogP contribution in [0.25, 0.3) is 0 Å². The van der Waals surface area contributed by atoms with Gasteiger partial charge in [0.15, 0.2) is 0 Å². The summed E-state index contributed by atoms with van der Waals surface area (Å²) >= 11 is -0.461. The van der Waals surface area contributed by atoms with Crippen molar-refractivity contribution in [2.24, 2.45) is 4.40 Å². The van der Waals surface area contributed by atoms with Gasteiger partial charge in [0, 0.05) is 0 Å². The van der Waals surface area contributed by atoms with Crippen molar-refractivity contribution in [3.8, 4) is 0 Å². The number of allylic oxidation sites excluding steroid dienone is 1. The summed E-state index contributed by atoms with van der Waals surface area (Å²) in [6.45, 7) is 0. The Morgan fingerprint density at radius 3 is 2.83 bits per heavy atom. The molecule has 0 radical (unpaired) electrons. The van der Waals surface area contributed by atoms with E-state index in [-0.39, 0.29) is 0 Å². The van der Waals surface area contributed by atoms with Crippen LogP contribution in [0.2, 0.25) is 0 Å². The monoisotopic (exact) mass is 201 g/mol. The zero-order chi connectivity index (χ0) is 4.24. The van der Waals surface area contributed by atoms with Crippen LogP contribution in [0.15, 0.2) is 14.3 Å². The fraction of sp³-hybridized carbons (Fsp3) is 0. The summed E-state index contributed by atoms with van der Waals surface area (Å²) in [6.07, 6.45) is 3.90. The van der Waals surface area contributed by atoms with Crippen molar-refractivity contribution in [3.05, 3.63) is 9.91 Å². The second-order valence-corrected chi connectivity index (χ2v) is 8.19. The molecule has 0 saturated carbocycles. The summed E-state index contributed by atoms with van der Waals surface area (Å²) in [5.74, 6) is 0. The molecule has 0 aliphatic carbocycles. The molecule has 1 heterocycles. The van der Waals surface area contributed by atoms with Crippen LogP contribution in [-0.4, -0.2) is 27.7 Å². The minimum atomic E-state index is -0.461. The molecule has 0 unspecified atom stereocenters. The Labute approximate surface area is 50.7 Å². The van der Waals surface area contributed by atoms with Gasteiger partial charge in [-0.3, -0.25) is 0 Å². The maximum atomic E-state index is 3.98. The van der Waals surface area contributed by atoms with E-state index in [0.29, 0.717) is 0 Å². The van der Waals surface area contributed by atoms with Gasteiger partial charge in [0.05, 0.1) is 0 Å². The normalized spacial score (nSPS) is 17.3. The molecule has 0 aromatic carbocycles. The summed E-state index contributed by atoms with van der Waals surface area (Å²) < 4.78 is 6.27. The molecule has 0 spiro atoms. The van der Waals surface area contributed by atoms with Gasteiger partial charge < -0.3 is 0 Å². The molecule has 1 rings (SSSR count). The van der Waals surface area contributed by atoms with Gasteiger partial charge in [-0.25, -0.2) is 0 Å². The van der Waals surface area contributed by atoms with Crippen molar-refractivity contribution < 1.29 is 0 Å². The number of hydrogen-bond donors (Lipinski definition) is 0. The molecule has 0 aromatic heterocycles. The molecule has 30 valence electrons. The molecule has 0 amide bonds. The Morgan fingerprint density at radius 2 is 2.67 bits per heavy atom. The van der Waals surface area contributed by atoms with Crippen LogP contribution in [0.1, 0.15) is 0 Å². The first-order valence-corrected chi connectivity index (χ1v) is 10.0. The molecule has 0 atom stereocenters. The van der Waals surface area contributed by atoms with E-state index < -0.39 is 21.5 Å². The van der Waals surface area contributed by atoms with Crippen molar-refractivity contribution in [2.45, 2.75) is 0 Å². The Balaban J connectivity index is 2.46. The first-order chi connectivity index (χ1) is 3.00. The van der Waals surface area contributed by atoms with E-state index in [1.807, 2.05) is 12.3 Å². The second kappa shape index (κ2) is 2.75. The van der Waals surface area contributed by atoms with E-state index in [9.17, 15) is 0 Å². The quantitative estimate of drug-likeness (QED) is 0.522. The van der Waals surface area contributed by atoms with Gasteiger partial charge >= 0.3 is 50.7 Å². The molecule has 0 bridgehead atoms. The molecule has 1 aliphatic heterocycles. The van der Waals surface area contributed by atoms with E-state index in [1.165, 1.54) is 0 Å². The zero-order valence-corrected chi connectivity index (χ0v) is 8.15. The summed E-state index contributed by atoms with van der Waals surface area (Å²) in [5, 5.41) is 0. The van der Waals surface area contributed by atoms with Crippen molar-refractivity contribution >= 4 is 36.4 Å². The van der Waals surface area contributed by atoms with E-state index >= 15 is 0 Å². The van der Waals surface area contributed by atoms with Crippen molar-refractivity contribution in [2.75, 3.05) is 0 Å². The van der Waals surface area contributed by atoms with Crippen LogP contribution < -0.4 is 0 Å². The second-order valence-electron chi connectivity index (χ2n) is 0.978. The molecule has 6 heavy (non-hydrogen) atoms. The Hall–Kier alpha value is 0.630. The predicted molar refractivity (Wildman–Crippen MR) is 32.4 cm³/mol. The maximum absolute atomic E-state index is 3.98. The van der Waals surface area contributed by atoms with Crippen LogP contribution in [0.3, 0.4) is 0 Å². The fourth-order valence-corrected chi connectivity index (χ4v) is 4.23. The third-order valence-electron chi connectivity index (χ3n) is 0.528. The van der Waals surface area contributed by atoms with Crippen LogP contribution in [0.5, 0.6) is 0 Å². The van der Waals surface area contributed by atoms with Crippen LogP contribution in [-0.2, 0) is 0 Å². The summed E-state index contributed by atoms with van der Waals surface area (Å²) in [5.41, 5.74) is 0. The van der Waals surface area contributed by atoms with Crippen molar-refractivity contribution in [1.29, 1.82) is 0 Å². The van der Waals surface area contributed by atoms with Crippen LogP contribution in [0, 0.1) is 0 Å². The van der Waals surface area contributed by atoms with Crippen LogP contribution >= 0.6 is 8.77 Å². The van der Waals surface area contributed by atoms with Gasteiger partial charge in [-0.15, -0.1) is 0 Å². The third kappa shape index (κ3) is 1.39. The number of nitrogens with zero attached hydrogens (tertiary/aromatic N) is 1. The average molecular weight is 201 g/mol. The van der Waals surface area contributed by atoms with Gasteiger partial charge in [-0.1, -0.05) is 0 Å². The number of rotatable bonds is 0. The van der Waals surface area contributed by atoms with Gasteiger partial charge in [0.25, 0.3) is 0 Å². The van der Waals surface area contributed by atoms with Crippen molar-refractivity contribution in [1.82, 2.24) is 0 Å². The molecular weight excluding hydrogens is 197 g/mol. The fourth-order valence-electron chi connectivity index (χ4n) is 0.281. The molecule has 3 heteroatoms.